The maximum atomic E-state index is 9.41. The van der Waals surface area contributed by atoms with Crippen molar-refractivity contribution in [3.8, 4) is 0 Å². The SMILES string of the molecule is OCC1CCCN(CC23CC4CC(CC(C4)C2)C3)C1. The normalized spacial score (nSPS) is 49.7. The maximum absolute atomic E-state index is 9.41. The molecular formula is C17H29NO. The molecule has 0 amide bonds. The fraction of sp³-hybridized carbons (Fsp3) is 1.00. The summed E-state index contributed by atoms with van der Waals surface area (Å²) in [5, 5.41) is 9.41. The third-order valence-corrected chi connectivity index (χ3v) is 6.59. The van der Waals surface area contributed by atoms with Crippen molar-refractivity contribution in [2.45, 2.75) is 51.4 Å². The predicted molar refractivity (Wildman–Crippen MR) is 76.9 cm³/mol. The molecule has 1 saturated heterocycles. The average Bonchev–Trinajstić information content (AvgIpc) is 2.36. The summed E-state index contributed by atoms with van der Waals surface area (Å²) in [6.07, 6.45) is 11.8. The Morgan fingerprint density at radius 3 is 2.21 bits per heavy atom. The van der Waals surface area contributed by atoms with Gasteiger partial charge in [0.1, 0.15) is 0 Å². The van der Waals surface area contributed by atoms with Gasteiger partial charge in [-0.15, -0.1) is 0 Å². The highest BCUT2D eigenvalue weighted by Crippen LogP contribution is 2.60. The van der Waals surface area contributed by atoms with Crippen LogP contribution in [-0.4, -0.2) is 36.2 Å². The zero-order chi connectivity index (χ0) is 12.9. The minimum Gasteiger partial charge on any atom is -0.396 e. The summed E-state index contributed by atoms with van der Waals surface area (Å²) in [6, 6.07) is 0. The van der Waals surface area contributed by atoms with Crippen LogP contribution in [0.25, 0.3) is 0 Å². The molecular weight excluding hydrogens is 234 g/mol. The molecule has 2 heteroatoms. The van der Waals surface area contributed by atoms with Crippen molar-refractivity contribution < 1.29 is 5.11 Å². The van der Waals surface area contributed by atoms with E-state index < -0.39 is 0 Å². The average molecular weight is 263 g/mol. The summed E-state index contributed by atoms with van der Waals surface area (Å²) >= 11 is 0. The van der Waals surface area contributed by atoms with E-state index in [9.17, 15) is 5.11 Å². The van der Waals surface area contributed by atoms with Gasteiger partial charge in [-0.05, 0) is 87.0 Å². The minimum atomic E-state index is 0.400. The number of piperidine rings is 1. The van der Waals surface area contributed by atoms with E-state index in [1.54, 1.807) is 19.3 Å². The summed E-state index contributed by atoms with van der Waals surface area (Å²) in [5.41, 5.74) is 0.687. The molecule has 108 valence electrons. The van der Waals surface area contributed by atoms with Gasteiger partial charge in [-0.25, -0.2) is 0 Å². The van der Waals surface area contributed by atoms with Crippen LogP contribution in [0.2, 0.25) is 0 Å². The summed E-state index contributed by atoms with van der Waals surface area (Å²) in [6.45, 7) is 4.21. The number of aliphatic hydroxyl groups is 1. The fourth-order valence-corrected chi connectivity index (χ4v) is 6.40. The first-order valence-electron chi connectivity index (χ1n) is 8.58. The van der Waals surface area contributed by atoms with Crippen LogP contribution in [0.5, 0.6) is 0 Å². The standard InChI is InChI=1S/C17H29NO/c19-11-13-2-1-3-18(10-13)12-17-7-14-4-15(8-17)6-16(5-14)9-17/h13-16,19H,1-12H2. The Morgan fingerprint density at radius 2 is 1.63 bits per heavy atom. The van der Waals surface area contributed by atoms with Gasteiger partial charge in [0.15, 0.2) is 0 Å². The van der Waals surface area contributed by atoms with E-state index in [1.165, 1.54) is 45.2 Å². The highest BCUT2D eigenvalue weighted by molar-refractivity contribution is 5.02. The Balaban J connectivity index is 1.44. The molecule has 0 spiro atoms. The second-order valence-corrected chi connectivity index (χ2v) is 8.34. The second-order valence-electron chi connectivity index (χ2n) is 8.34. The number of likely N-dealkylation sites (tertiary alicyclic amines) is 1. The lowest BCUT2D eigenvalue weighted by atomic mass is 9.49. The van der Waals surface area contributed by atoms with Gasteiger partial charge in [0.05, 0.1) is 0 Å². The highest BCUT2D eigenvalue weighted by atomic mass is 16.3. The molecule has 1 aliphatic heterocycles. The summed E-state index contributed by atoms with van der Waals surface area (Å²) < 4.78 is 0. The Hall–Kier alpha value is -0.0800. The molecule has 1 N–H and O–H groups in total. The molecule has 19 heavy (non-hydrogen) atoms. The Labute approximate surface area is 117 Å². The first-order valence-corrected chi connectivity index (χ1v) is 8.58. The van der Waals surface area contributed by atoms with Crippen LogP contribution < -0.4 is 0 Å². The lowest BCUT2D eigenvalue weighted by Gasteiger charge is -2.58. The van der Waals surface area contributed by atoms with Crippen LogP contribution in [0.1, 0.15) is 51.4 Å². The zero-order valence-corrected chi connectivity index (χ0v) is 12.2. The van der Waals surface area contributed by atoms with E-state index in [4.69, 9.17) is 0 Å². The molecule has 0 aromatic carbocycles. The van der Waals surface area contributed by atoms with Crippen LogP contribution in [0.3, 0.4) is 0 Å². The summed E-state index contributed by atoms with van der Waals surface area (Å²) in [7, 11) is 0. The molecule has 1 atom stereocenters. The first-order chi connectivity index (χ1) is 9.25. The number of aliphatic hydroxyl groups excluding tert-OH is 1. The molecule has 5 fully saturated rings. The van der Waals surface area contributed by atoms with Crippen molar-refractivity contribution >= 4 is 0 Å². The van der Waals surface area contributed by atoms with E-state index >= 15 is 0 Å². The van der Waals surface area contributed by atoms with Crippen LogP contribution in [0, 0.1) is 29.1 Å². The number of hydrogen-bond acceptors (Lipinski definition) is 2. The third kappa shape index (κ3) is 2.35. The van der Waals surface area contributed by atoms with E-state index in [-0.39, 0.29) is 0 Å². The highest BCUT2D eigenvalue weighted by Gasteiger charge is 2.51. The molecule has 0 radical (unpaired) electrons. The predicted octanol–water partition coefficient (Wildman–Crippen LogP) is 2.91. The second kappa shape index (κ2) is 4.73. The minimum absolute atomic E-state index is 0.400. The smallest absolute Gasteiger partial charge is 0.0471 e. The molecule has 2 nitrogen and oxygen atoms in total. The molecule has 4 aliphatic carbocycles. The third-order valence-electron chi connectivity index (χ3n) is 6.59. The van der Waals surface area contributed by atoms with E-state index in [0.29, 0.717) is 17.9 Å². The van der Waals surface area contributed by atoms with Crippen molar-refractivity contribution in [1.82, 2.24) is 4.90 Å². The van der Waals surface area contributed by atoms with Gasteiger partial charge in [0, 0.05) is 19.7 Å². The lowest BCUT2D eigenvalue weighted by molar-refractivity contribution is -0.0744. The van der Waals surface area contributed by atoms with E-state index in [1.807, 2.05) is 0 Å². The maximum Gasteiger partial charge on any atom is 0.0471 e. The van der Waals surface area contributed by atoms with Crippen molar-refractivity contribution in [3.05, 3.63) is 0 Å². The molecule has 0 aromatic rings. The van der Waals surface area contributed by atoms with Crippen molar-refractivity contribution in [1.29, 1.82) is 0 Å². The Bertz CT molecular complexity index is 305. The van der Waals surface area contributed by atoms with Gasteiger partial charge in [-0.1, -0.05) is 0 Å². The van der Waals surface area contributed by atoms with E-state index in [2.05, 4.69) is 4.90 Å². The van der Waals surface area contributed by atoms with Gasteiger partial charge in [-0.2, -0.15) is 0 Å². The summed E-state index contributed by atoms with van der Waals surface area (Å²) in [5.74, 6) is 3.78. The summed E-state index contributed by atoms with van der Waals surface area (Å²) in [4.78, 5) is 2.71. The van der Waals surface area contributed by atoms with Crippen LogP contribution >= 0.6 is 0 Å². The Kier molecular flexibility index (Phi) is 3.15. The van der Waals surface area contributed by atoms with Gasteiger partial charge in [0.25, 0.3) is 0 Å². The van der Waals surface area contributed by atoms with Crippen LogP contribution in [-0.2, 0) is 0 Å². The Morgan fingerprint density at radius 1 is 1.00 bits per heavy atom. The number of nitrogens with zero attached hydrogens (tertiary/aromatic N) is 1. The molecule has 1 heterocycles. The first kappa shape index (κ1) is 12.6. The fourth-order valence-electron chi connectivity index (χ4n) is 6.40. The molecule has 4 bridgehead atoms. The van der Waals surface area contributed by atoms with Crippen molar-refractivity contribution in [2.24, 2.45) is 29.1 Å². The van der Waals surface area contributed by atoms with Crippen LogP contribution in [0.15, 0.2) is 0 Å². The van der Waals surface area contributed by atoms with E-state index in [0.717, 1.165) is 24.3 Å². The van der Waals surface area contributed by atoms with Gasteiger partial charge < -0.3 is 10.0 Å². The number of rotatable bonds is 3. The quantitative estimate of drug-likeness (QED) is 0.846. The van der Waals surface area contributed by atoms with Gasteiger partial charge in [-0.3, -0.25) is 0 Å². The van der Waals surface area contributed by atoms with Gasteiger partial charge >= 0.3 is 0 Å². The van der Waals surface area contributed by atoms with Crippen molar-refractivity contribution in [3.63, 3.8) is 0 Å². The zero-order valence-electron chi connectivity index (χ0n) is 12.2. The number of hydrogen-bond donors (Lipinski definition) is 1. The molecule has 0 aromatic heterocycles. The molecule has 4 saturated carbocycles. The molecule has 5 rings (SSSR count). The lowest BCUT2D eigenvalue weighted by Crippen LogP contribution is -2.52. The molecule has 1 unspecified atom stereocenters. The molecule has 5 aliphatic rings. The van der Waals surface area contributed by atoms with Gasteiger partial charge in [0.2, 0.25) is 0 Å². The topological polar surface area (TPSA) is 23.5 Å². The largest absolute Gasteiger partial charge is 0.396 e. The van der Waals surface area contributed by atoms with Crippen LogP contribution in [0.4, 0.5) is 0 Å². The van der Waals surface area contributed by atoms with Crippen molar-refractivity contribution in [2.75, 3.05) is 26.2 Å². The monoisotopic (exact) mass is 263 g/mol.